The van der Waals surface area contributed by atoms with Crippen LogP contribution in [0.4, 0.5) is 17.1 Å². The smallest absolute Gasteiger partial charge is 0.287 e. The van der Waals surface area contributed by atoms with Crippen molar-refractivity contribution in [1.82, 2.24) is 0 Å². The van der Waals surface area contributed by atoms with Crippen LogP contribution in [0.3, 0.4) is 0 Å². The summed E-state index contributed by atoms with van der Waals surface area (Å²) >= 11 is 1.36. The Hall–Kier alpha value is -3.60. The van der Waals surface area contributed by atoms with Crippen LogP contribution in [0.1, 0.15) is 10.4 Å². The number of Topliss-reactive ketones (excluding diaryl/α,β-unsaturated/α-hetero) is 1. The number of anilines is 1. The van der Waals surface area contributed by atoms with Gasteiger partial charge in [-0.2, -0.15) is 5.10 Å². The highest BCUT2D eigenvalue weighted by molar-refractivity contribution is 8.16. The van der Waals surface area contributed by atoms with E-state index in [-0.39, 0.29) is 17.2 Å². The van der Waals surface area contributed by atoms with Crippen molar-refractivity contribution < 1.29 is 14.6 Å². The van der Waals surface area contributed by atoms with Gasteiger partial charge in [0.15, 0.2) is 5.71 Å². The molecule has 0 amide bonds. The minimum atomic E-state index is -0.759. The third kappa shape index (κ3) is 4.20. The standard InChI is InChI=1S/C17H13N5O5S/c23-16(11-4-2-1-3-5-11)15(17-18-8-9-28-17)20-19-13-7-6-12(21(24)25)10-14(13)22(26)27/h1-7,10,19H,8-9H2/b20-15+. The van der Waals surface area contributed by atoms with E-state index in [0.29, 0.717) is 22.9 Å². The molecule has 0 aromatic heterocycles. The van der Waals surface area contributed by atoms with E-state index in [2.05, 4.69) is 15.5 Å². The molecule has 0 unspecified atom stereocenters. The molecular weight excluding hydrogens is 386 g/mol. The Morgan fingerprint density at radius 3 is 2.46 bits per heavy atom. The molecule has 0 saturated heterocycles. The van der Waals surface area contributed by atoms with Crippen molar-refractivity contribution in [1.29, 1.82) is 0 Å². The van der Waals surface area contributed by atoms with Crippen molar-refractivity contribution in [3.63, 3.8) is 0 Å². The number of hydrogen-bond donors (Lipinski definition) is 1. The van der Waals surface area contributed by atoms with Gasteiger partial charge in [0.25, 0.3) is 5.69 Å². The summed E-state index contributed by atoms with van der Waals surface area (Å²) in [6.07, 6.45) is 0. The number of non-ortho nitro benzene ring substituents is 1. The number of rotatable bonds is 7. The van der Waals surface area contributed by atoms with Gasteiger partial charge in [-0.3, -0.25) is 35.4 Å². The third-order valence-corrected chi connectivity index (χ3v) is 4.70. The summed E-state index contributed by atoms with van der Waals surface area (Å²) in [5.41, 5.74) is 1.91. The average molecular weight is 399 g/mol. The van der Waals surface area contributed by atoms with Gasteiger partial charge in [0, 0.05) is 23.9 Å². The lowest BCUT2D eigenvalue weighted by Gasteiger charge is -2.07. The first-order valence-electron chi connectivity index (χ1n) is 8.01. The van der Waals surface area contributed by atoms with Crippen molar-refractivity contribution in [3.8, 4) is 0 Å². The van der Waals surface area contributed by atoms with Crippen molar-refractivity contribution >= 4 is 45.4 Å². The van der Waals surface area contributed by atoms with Crippen LogP contribution in [0, 0.1) is 20.2 Å². The van der Waals surface area contributed by atoms with E-state index < -0.39 is 21.2 Å². The van der Waals surface area contributed by atoms with Crippen molar-refractivity contribution in [3.05, 3.63) is 74.3 Å². The van der Waals surface area contributed by atoms with Gasteiger partial charge >= 0.3 is 5.69 Å². The van der Waals surface area contributed by atoms with Crippen molar-refractivity contribution in [2.24, 2.45) is 10.1 Å². The number of ketones is 1. The number of thioether (sulfide) groups is 1. The largest absolute Gasteiger partial charge is 0.301 e. The molecule has 0 atom stereocenters. The fourth-order valence-electron chi connectivity index (χ4n) is 2.40. The van der Waals surface area contributed by atoms with Gasteiger partial charge in [-0.1, -0.05) is 30.3 Å². The van der Waals surface area contributed by atoms with E-state index in [9.17, 15) is 25.0 Å². The highest BCUT2D eigenvalue weighted by atomic mass is 32.2. The van der Waals surface area contributed by atoms with Gasteiger partial charge in [-0.25, -0.2) is 0 Å². The summed E-state index contributed by atoms with van der Waals surface area (Å²) in [5.74, 6) is 0.319. The van der Waals surface area contributed by atoms with Crippen LogP contribution in [0.5, 0.6) is 0 Å². The minimum absolute atomic E-state index is 0.0290. The summed E-state index contributed by atoms with van der Waals surface area (Å²) < 4.78 is 0. The number of hydrogen-bond acceptors (Lipinski definition) is 9. The maximum Gasteiger partial charge on any atom is 0.301 e. The second-order valence-electron chi connectivity index (χ2n) is 5.52. The second-order valence-corrected chi connectivity index (χ2v) is 6.60. The SMILES string of the molecule is O=C(/C(=N\Nc1ccc([N+](=O)[O-])cc1[N+](=O)[O-])C1=NCCS1)c1ccccc1. The van der Waals surface area contributed by atoms with E-state index in [1.54, 1.807) is 30.3 Å². The predicted molar refractivity (Wildman–Crippen MR) is 106 cm³/mol. The molecule has 1 aliphatic heterocycles. The lowest BCUT2D eigenvalue weighted by Crippen LogP contribution is -2.23. The van der Waals surface area contributed by atoms with Gasteiger partial charge < -0.3 is 0 Å². The molecule has 1 aliphatic rings. The predicted octanol–water partition coefficient (Wildman–Crippen LogP) is 3.30. The zero-order chi connectivity index (χ0) is 20.1. The van der Waals surface area contributed by atoms with Gasteiger partial charge in [0.2, 0.25) is 5.78 Å². The Morgan fingerprint density at radius 1 is 1.11 bits per heavy atom. The molecule has 142 valence electrons. The number of aliphatic imine (C=N–C) groups is 1. The fraction of sp³-hybridized carbons (Fsp3) is 0.118. The van der Waals surface area contributed by atoms with Crippen molar-refractivity contribution in [2.75, 3.05) is 17.7 Å². The van der Waals surface area contributed by atoms with Gasteiger partial charge in [0.05, 0.1) is 15.9 Å². The number of hydrazone groups is 1. The van der Waals surface area contributed by atoms with E-state index in [1.165, 1.54) is 17.8 Å². The average Bonchev–Trinajstić information content (AvgIpc) is 3.23. The summed E-state index contributed by atoms with van der Waals surface area (Å²) in [7, 11) is 0. The molecule has 1 N–H and O–H groups in total. The van der Waals surface area contributed by atoms with E-state index >= 15 is 0 Å². The van der Waals surface area contributed by atoms with Crippen molar-refractivity contribution in [2.45, 2.75) is 0 Å². The Morgan fingerprint density at radius 2 is 1.86 bits per heavy atom. The number of carbonyl (C=O) groups excluding carboxylic acids is 1. The first-order chi connectivity index (χ1) is 13.5. The van der Waals surface area contributed by atoms with E-state index in [0.717, 1.165) is 12.1 Å². The number of nitrogens with zero attached hydrogens (tertiary/aromatic N) is 4. The molecule has 3 rings (SSSR count). The third-order valence-electron chi connectivity index (χ3n) is 3.72. The quantitative estimate of drug-likeness (QED) is 0.326. The van der Waals surface area contributed by atoms with Crippen LogP contribution < -0.4 is 5.43 Å². The molecule has 2 aromatic carbocycles. The highest BCUT2D eigenvalue weighted by Crippen LogP contribution is 2.29. The first kappa shape index (κ1) is 19.2. The van der Waals surface area contributed by atoms with Crippen LogP contribution in [0.15, 0.2) is 58.6 Å². The van der Waals surface area contributed by atoms with Crippen LogP contribution in [-0.2, 0) is 0 Å². The van der Waals surface area contributed by atoms with Gasteiger partial charge in [-0.15, -0.1) is 11.8 Å². The van der Waals surface area contributed by atoms with Crippen LogP contribution in [-0.4, -0.2) is 38.7 Å². The Balaban J connectivity index is 1.97. The molecule has 11 heteroatoms. The monoisotopic (exact) mass is 399 g/mol. The second kappa shape index (κ2) is 8.39. The summed E-state index contributed by atoms with van der Waals surface area (Å²) in [4.78, 5) is 37.7. The zero-order valence-electron chi connectivity index (χ0n) is 14.3. The Labute approximate surface area is 162 Å². The maximum atomic E-state index is 12.8. The summed E-state index contributed by atoms with van der Waals surface area (Å²) in [6, 6.07) is 11.6. The number of nitro benzene ring substituents is 2. The lowest BCUT2D eigenvalue weighted by atomic mass is 10.1. The topological polar surface area (TPSA) is 140 Å². The molecule has 28 heavy (non-hydrogen) atoms. The van der Waals surface area contributed by atoms with Crippen LogP contribution in [0.2, 0.25) is 0 Å². The highest BCUT2D eigenvalue weighted by Gasteiger charge is 2.24. The molecular formula is C17H13N5O5S. The van der Waals surface area contributed by atoms with E-state index in [4.69, 9.17) is 0 Å². The van der Waals surface area contributed by atoms with E-state index in [1.807, 2.05) is 0 Å². The molecule has 0 spiro atoms. The molecule has 0 radical (unpaired) electrons. The summed E-state index contributed by atoms with van der Waals surface area (Å²) in [6.45, 7) is 0.540. The lowest BCUT2D eigenvalue weighted by molar-refractivity contribution is -0.393. The number of carbonyl (C=O) groups is 1. The minimum Gasteiger partial charge on any atom is -0.287 e. The van der Waals surface area contributed by atoms with Crippen LogP contribution >= 0.6 is 11.8 Å². The zero-order valence-corrected chi connectivity index (χ0v) is 15.1. The fourth-order valence-corrected chi connectivity index (χ4v) is 3.23. The maximum absolute atomic E-state index is 12.8. The normalized spacial score (nSPS) is 13.7. The molecule has 0 aliphatic carbocycles. The molecule has 10 nitrogen and oxygen atoms in total. The van der Waals surface area contributed by atoms with Crippen LogP contribution in [0.25, 0.3) is 0 Å². The number of benzene rings is 2. The molecule has 0 bridgehead atoms. The first-order valence-corrected chi connectivity index (χ1v) is 9.00. The molecule has 2 aromatic rings. The molecule has 1 heterocycles. The van der Waals surface area contributed by atoms with Gasteiger partial charge in [-0.05, 0) is 6.07 Å². The number of nitrogens with one attached hydrogen (secondary N) is 1. The Bertz CT molecular complexity index is 1010. The van der Waals surface area contributed by atoms with Gasteiger partial charge in [0.1, 0.15) is 10.7 Å². The molecule has 0 fully saturated rings. The summed E-state index contributed by atoms with van der Waals surface area (Å²) in [5, 5.41) is 26.6. The molecule has 0 saturated carbocycles. The number of nitro groups is 2. The Kier molecular flexibility index (Phi) is 5.75.